The van der Waals surface area contributed by atoms with Gasteiger partial charge in [0.2, 0.25) is 0 Å². The van der Waals surface area contributed by atoms with E-state index in [0.29, 0.717) is 0 Å². The summed E-state index contributed by atoms with van der Waals surface area (Å²) in [5.41, 5.74) is 0. The van der Waals surface area contributed by atoms with E-state index in [1.165, 1.54) is 12.2 Å². The molecule has 0 aromatic carbocycles. The summed E-state index contributed by atoms with van der Waals surface area (Å²) < 4.78 is 0. The van der Waals surface area contributed by atoms with Crippen LogP contribution in [-0.2, 0) is 75.0 Å². The van der Waals surface area contributed by atoms with E-state index in [1.54, 1.807) is 26.0 Å². The van der Waals surface area contributed by atoms with Crippen LogP contribution in [0.5, 0.6) is 0 Å². The third-order valence-electron chi connectivity index (χ3n) is 1.57. The molecule has 0 aliphatic rings. The summed E-state index contributed by atoms with van der Waals surface area (Å²) >= 11 is 0. The van der Waals surface area contributed by atoms with Crippen LogP contribution in [0.15, 0.2) is 24.3 Å². The molecule has 0 saturated heterocycles. The Morgan fingerprint density at radius 1 is 0.778 bits per heavy atom. The molecule has 0 saturated carbocycles. The average Bonchev–Trinajstić information content (AvgIpc) is 2.27. The van der Waals surface area contributed by atoms with Crippen molar-refractivity contribution in [3.05, 3.63) is 48.6 Å². The van der Waals surface area contributed by atoms with Crippen LogP contribution in [0.3, 0.4) is 0 Å². The van der Waals surface area contributed by atoms with E-state index in [1.807, 2.05) is 0 Å². The molecule has 0 N–H and O–H groups in total. The first kappa shape index (κ1) is 23.6. The van der Waals surface area contributed by atoms with Gasteiger partial charge in [0.1, 0.15) is 0 Å². The molecule has 0 heterocycles. The van der Waals surface area contributed by atoms with E-state index in [2.05, 4.69) is 24.3 Å². The molecule has 0 aromatic heterocycles. The van der Waals surface area contributed by atoms with Gasteiger partial charge in [0.15, 0.2) is 0 Å². The molecule has 4 heteroatoms. The summed E-state index contributed by atoms with van der Waals surface area (Å²) in [5.74, 6) is -0.390. The topological polar surface area (TPSA) is 34.1 Å². The fraction of sp³-hybridized carbons (Fsp3) is 0.286. The van der Waals surface area contributed by atoms with Crippen molar-refractivity contribution in [2.75, 3.05) is 0 Å². The van der Waals surface area contributed by atoms with Crippen LogP contribution in [0.25, 0.3) is 0 Å². The number of allylic oxidation sites excluding steroid dienone is 8. The standard InChI is InChI=1S/C14H14O2.2Y/c1-3-5-7-9-13(15)11-12-14(16)10-8-6-4-2;;/h5-8H,11-12H2,1-2H3;;/q-4;;. The van der Waals surface area contributed by atoms with Gasteiger partial charge in [-0.1, -0.05) is 0 Å². The Morgan fingerprint density at radius 2 is 1.11 bits per heavy atom. The van der Waals surface area contributed by atoms with Crippen molar-refractivity contribution in [1.29, 1.82) is 0 Å². The van der Waals surface area contributed by atoms with Crippen LogP contribution in [0.4, 0.5) is 0 Å². The number of ketones is 2. The number of Topliss-reactive ketones (excluding diaryl/α,β-unsaturated/α-hetero) is 2. The first-order valence-corrected chi connectivity index (χ1v) is 4.94. The van der Waals surface area contributed by atoms with Crippen LogP contribution in [0.1, 0.15) is 26.7 Å². The summed E-state index contributed by atoms with van der Waals surface area (Å²) in [7, 11) is 0. The number of rotatable bonds is 7. The van der Waals surface area contributed by atoms with E-state index in [4.69, 9.17) is 0 Å². The molecular formula is C14H14O2Y2-4. The first-order valence-electron chi connectivity index (χ1n) is 4.94. The van der Waals surface area contributed by atoms with Gasteiger partial charge in [-0.3, -0.25) is 0 Å². The largest absolute Gasteiger partial charge is 0.390 e. The van der Waals surface area contributed by atoms with Crippen molar-refractivity contribution in [1.82, 2.24) is 0 Å². The van der Waals surface area contributed by atoms with E-state index in [-0.39, 0.29) is 89.8 Å². The number of hydrogen-bond donors (Lipinski definition) is 0. The predicted molar refractivity (Wildman–Crippen MR) is 61.8 cm³/mol. The third-order valence-corrected chi connectivity index (χ3v) is 1.57. The normalized spacial score (nSPS) is 11.0. The molecule has 92 valence electrons. The third kappa shape index (κ3) is 16.5. The summed E-state index contributed by atoms with van der Waals surface area (Å²) in [6, 6.07) is 0. The molecule has 0 amide bonds. The number of carbonyl (C=O) groups excluding carboxylic acids is 2. The Labute approximate surface area is 160 Å². The number of hydrogen-bond acceptors (Lipinski definition) is 2. The maximum atomic E-state index is 11.2. The van der Waals surface area contributed by atoms with E-state index in [9.17, 15) is 9.59 Å². The van der Waals surface area contributed by atoms with Gasteiger partial charge in [-0.2, -0.15) is 0 Å². The molecular weight excluding hydrogens is 378 g/mol. The summed E-state index contributed by atoms with van der Waals surface area (Å²) in [6.45, 7) is 3.45. The molecule has 0 aliphatic heterocycles. The molecule has 0 bridgehead atoms. The molecule has 0 atom stereocenters. The predicted octanol–water partition coefficient (Wildman–Crippen LogP) is 2.38. The molecule has 0 fully saturated rings. The SMILES string of the molecule is C[C-]=CC=[C-]C(=O)CCC(=O)[C-]=CC=[C-]C.[Y].[Y]. The Hall–Kier alpha value is 0.508. The van der Waals surface area contributed by atoms with E-state index >= 15 is 0 Å². The van der Waals surface area contributed by atoms with Crippen LogP contribution < -0.4 is 0 Å². The first-order chi connectivity index (χ1) is 7.70. The Bertz CT molecular complexity index is 306. The van der Waals surface area contributed by atoms with Gasteiger partial charge in [-0.05, 0) is 12.8 Å². The summed E-state index contributed by atoms with van der Waals surface area (Å²) in [5, 5.41) is 0. The molecule has 0 spiro atoms. The Balaban J connectivity index is -0.00000112. The van der Waals surface area contributed by atoms with Gasteiger partial charge >= 0.3 is 0 Å². The molecule has 2 radical (unpaired) electrons. The van der Waals surface area contributed by atoms with Crippen molar-refractivity contribution in [2.45, 2.75) is 26.7 Å². The molecule has 0 unspecified atom stereocenters. The van der Waals surface area contributed by atoms with Crippen LogP contribution in [0.2, 0.25) is 0 Å². The van der Waals surface area contributed by atoms with Crippen molar-refractivity contribution < 1.29 is 75.0 Å². The summed E-state index contributed by atoms with van der Waals surface area (Å²) in [4.78, 5) is 22.3. The van der Waals surface area contributed by atoms with Gasteiger partial charge in [-0.15, -0.1) is 13.8 Å². The van der Waals surface area contributed by atoms with Crippen molar-refractivity contribution in [2.24, 2.45) is 0 Å². The van der Waals surface area contributed by atoms with E-state index < -0.39 is 0 Å². The molecule has 2 nitrogen and oxygen atoms in total. The molecule has 18 heavy (non-hydrogen) atoms. The van der Waals surface area contributed by atoms with Gasteiger partial charge in [0.05, 0.1) is 0 Å². The zero-order valence-electron chi connectivity index (χ0n) is 10.7. The van der Waals surface area contributed by atoms with Gasteiger partial charge in [-0.25, -0.2) is 0 Å². The Kier molecular flexibility index (Phi) is 22.9. The quantitative estimate of drug-likeness (QED) is 0.379. The zero-order valence-corrected chi connectivity index (χ0v) is 16.4. The fourth-order valence-corrected chi connectivity index (χ4v) is 0.807. The average molecular weight is 392 g/mol. The smallest absolute Gasteiger partial charge is 0.0493 e. The zero-order chi connectivity index (χ0) is 12.2. The molecule has 0 aliphatic carbocycles. The fourth-order valence-electron chi connectivity index (χ4n) is 0.807. The van der Waals surface area contributed by atoms with Crippen molar-refractivity contribution in [3.8, 4) is 0 Å². The second-order valence-electron chi connectivity index (χ2n) is 2.88. The minimum atomic E-state index is -0.195. The maximum absolute atomic E-state index is 11.2. The van der Waals surface area contributed by atoms with Crippen molar-refractivity contribution >= 4 is 11.6 Å². The van der Waals surface area contributed by atoms with Crippen LogP contribution >= 0.6 is 0 Å². The molecule has 0 rings (SSSR count). The molecule has 0 aromatic rings. The Morgan fingerprint density at radius 3 is 1.39 bits per heavy atom. The summed E-state index contributed by atoms with van der Waals surface area (Å²) in [6.07, 6.45) is 17.0. The maximum Gasteiger partial charge on any atom is 0.0493 e. The van der Waals surface area contributed by atoms with Crippen LogP contribution in [-0.4, -0.2) is 11.6 Å². The minimum Gasteiger partial charge on any atom is -0.390 e. The van der Waals surface area contributed by atoms with Crippen molar-refractivity contribution in [3.63, 3.8) is 0 Å². The minimum absolute atomic E-state index is 0. The second kappa shape index (κ2) is 17.5. The van der Waals surface area contributed by atoms with Crippen LogP contribution in [0, 0.1) is 24.3 Å². The number of carbonyl (C=O) groups is 2. The van der Waals surface area contributed by atoms with E-state index in [0.717, 1.165) is 0 Å². The second-order valence-corrected chi connectivity index (χ2v) is 2.88. The van der Waals surface area contributed by atoms with Gasteiger partial charge in [0.25, 0.3) is 0 Å². The van der Waals surface area contributed by atoms with Gasteiger partial charge in [0, 0.05) is 77.0 Å². The monoisotopic (exact) mass is 392 g/mol. The van der Waals surface area contributed by atoms with Gasteiger partial charge < -0.3 is 58.2 Å².